The van der Waals surface area contributed by atoms with E-state index in [1.807, 2.05) is 0 Å². The molecule has 0 aliphatic rings. The number of aliphatic hydroxyl groups is 1. The van der Waals surface area contributed by atoms with Crippen molar-refractivity contribution in [1.29, 1.82) is 0 Å². The van der Waals surface area contributed by atoms with E-state index < -0.39 is 17.9 Å². The van der Waals surface area contributed by atoms with Gasteiger partial charge in [0.05, 0.1) is 18.8 Å². The van der Waals surface area contributed by atoms with Crippen molar-refractivity contribution in [2.45, 2.75) is 26.4 Å². The average Bonchev–Trinajstić information content (AvgIpc) is 2.20. The Morgan fingerprint density at radius 2 is 2.19 bits per heavy atom. The van der Waals surface area contributed by atoms with Gasteiger partial charge in [-0.1, -0.05) is 0 Å². The van der Waals surface area contributed by atoms with Crippen molar-refractivity contribution in [3.8, 4) is 0 Å². The lowest BCUT2D eigenvalue weighted by atomic mass is 10.0. The molecule has 3 nitrogen and oxygen atoms in total. The molecule has 4 heteroatoms. The van der Waals surface area contributed by atoms with Crippen LogP contribution in [0.4, 0.5) is 4.39 Å². The van der Waals surface area contributed by atoms with Gasteiger partial charge in [0.2, 0.25) is 0 Å². The predicted molar refractivity (Wildman–Crippen MR) is 57.9 cm³/mol. The number of esters is 1. The number of ether oxygens (including phenoxy) is 1. The summed E-state index contributed by atoms with van der Waals surface area (Å²) in [5.74, 6) is -0.907. The molecule has 0 radical (unpaired) electrons. The number of methoxy groups -OCH3 is 1. The molecule has 1 unspecified atom stereocenters. The Morgan fingerprint density at radius 1 is 1.56 bits per heavy atom. The summed E-state index contributed by atoms with van der Waals surface area (Å²) in [6.45, 7) is 3.21. The van der Waals surface area contributed by atoms with Crippen LogP contribution in [0.25, 0.3) is 0 Å². The van der Waals surface area contributed by atoms with Crippen LogP contribution in [0.15, 0.2) is 12.1 Å². The molecule has 16 heavy (non-hydrogen) atoms. The van der Waals surface area contributed by atoms with Crippen LogP contribution in [0.1, 0.15) is 28.4 Å². The maximum Gasteiger partial charge on any atom is 0.338 e. The predicted octanol–water partition coefficient (Wildman–Crippen LogP) is 1.84. The van der Waals surface area contributed by atoms with Gasteiger partial charge in [-0.3, -0.25) is 0 Å². The second-order valence-electron chi connectivity index (χ2n) is 3.80. The number of rotatable bonds is 3. The monoisotopic (exact) mass is 226 g/mol. The van der Waals surface area contributed by atoms with Gasteiger partial charge in [-0.05, 0) is 37.1 Å². The number of hydrogen-bond acceptors (Lipinski definition) is 3. The Hall–Kier alpha value is -1.42. The second kappa shape index (κ2) is 5.07. The van der Waals surface area contributed by atoms with Crippen molar-refractivity contribution >= 4 is 5.97 Å². The SMILES string of the molecule is COC(=O)c1cc(CC(C)O)c(F)cc1C. The molecule has 1 rings (SSSR count). The van der Waals surface area contributed by atoms with Gasteiger partial charge in [0.25, 0.3) is 0 Å². The molecule has 0 bridgehead atoms. The summed E-state index contributed by atoms with van der Waals surface area (Å²) in [5.41, 5.74) is 1.18. The van der Waals surface area contributed by atoms with E-state index in [0.717, 1.165) is 0 Å². The minimum Gasteiger partial charge on any atom is -0.465 e. The molecule has 88 valence electrons. The van der Waals surface area contributed by atoms with E-state index in [4.69, 9.17) is 0 Å². The van der Waals surface area contributed by atoms with Gasteiger partial charge in [-0.15, -0.1) is 0 Å². The van der Waals surface area contributed by atoms with E-state index in [-0.39, 0.29) is 6.42 Å². The third-order valence-electron chi connectivity index (χ3n) is 2.31. The van der Waals surface area contributed by atoms with Crippen molar-refractivity contribution in [3.05, 3.63) is 34.6 Å². The fourth-order valence-electron chi connectivity index (χ4n) is 1.52. The fourth-order valence-corrected chi connectivity index (χ4v) is 1.52. The van der Waals surface area contributed by atoms with Crippen molar-refractivity contribution in [2.24, 2.45) is 0 Å². The Bertz CT molecular complexity index is 399. The van der Waals surface area contributed by atoms with E-state index in [0.29, 0.717) is 16.7 Å². The number of benzene rings is 1. The zero-order chi connectivity index (χ0) is 12.3. The highest BCUT2D eigenvalue weighted by molar-refractivity contribution is 5.91. The summed E-state index contributed by atoms with van der Waals surface area (Å²) in [4.78, 5) is 11.4. The van der Waals surface area contributed by atoms with Crippen LogP contribution in [0.3, 0.4) is 0 Å². The van der Waals surface area contributed by atoms with Crippen LogP contribution in [0, 0.1) is 12.7 Å². The molecule has 0 saturated heterocycles. The zero-order valence-electron chi connectivity index (χ0n) is 9.58. The Labute approximate surface area is 93.9 Å². The van der Waals surface area contributed by atoms with Gasteiger partial charge >= 0.3 is 5.97 Å². The summed E-state index contributed by atoms with van der Waals surface area (Å²) >= 11 is 0. The van der Waals surface area contributed by atoms with Crippen molar-refractivity contribution in [2.75, 3.05) is 7.11 Å². The minimum atomic E-state index is -0.650. The molecule has 1 atom stereocenters. The van der Waals surface area contributed by atoms with Crippen molar-refractivity contribution in [3.63, 3.8) is 0 Å². The summed E-state index contributed by atoms with van der Waals surface area (Å²) in [5, 5.41) is 9.20. The highest BCUT2D eigenvalue weighted by Gasteiger charge is 2.14. The molecule has 0 heterocycles. The number of halogens is 1. The van der Waals surface area contributed by atoms with Crippen LogP contribution in [-0.4, -0.2) is 24.3 Å². The number of carbonyl (C=O) groups is 1. The van der Waals surface area contributed by atoms with Crippen LogP contribution in [0.2, 0.25) is 0 Å². The van der Waals surface area contributed by atoms with Gasteiger partial charge in [0, 0.05) is 6.42 Å². The number of carbonyl (C=O) groups excluding carboxylic acids is 1. The molecule has 0 aliphatic carbocycles. The quantitative estimate of drug-likeness (QED) is 0.800. The normalized spacial score (nSPS) is 12.3. The first-order valence-electron chi connectivity index (χ1n) is 5.01. The molecule has 0 amide bonds. The highest BCUT2D eigenvalue weighted by atomic mass is 19.1. The molecular weight excluding hydrogens is 211 g/mol. The average molecular weight is 226 g/mol. The van der Waals surface area contributed by atoms with Gasteiger partial charge in [-0.2, -0.15) is 0 Å². The molecule has 0 fully saturated rings. The van der Waals surface area contributed by atoms with Gasteiger partial charge < -0.3 is 9.84 Å². The molecule has 1 aromatic carbocycles. The standard InChI is InChI=1S/C12H15FO3/c1-7-4-11(13)9(5-8(2)14)6-10(7)12(15)16-3/h4,6,8,14H,5H2,1-3H3. The maximum absolute atomic E-state index is 13.5. The fraction of sp³-hybridized carbons (Fsp3) is 0.417. The van der Waals surface area contributed by atoms with E-state index in [1.165, 1.54) is 19.2 Å². The lowest BCUT2D eigenvalue weighted by Crippen LogP contribution is -2.10. The lowest BCUT2D eigenvalue weighted by molar-refractivity contribution is 0.0599. The van der Waals surface area contributed by atoms with Gasteiger partial charge in [0.1, 0.15) is 5.82 Å². The summed E-state index contributed by atoms with van der Waals surface area (Å²) in [6, 6.07) is 2.72. The molecule has 1 N–H and O–H groups in total. The molecule has 0 aromatic heterocycles. The van der Waals surface area contributed by atoms with Crippen LogP contribution >= 0.6 is 0 Å². The summed E-state index contributed by atoms with van der Waals surface area (Å²) in [7, 11) is 1.28. The van der Waals surface area contributed by atoms with E-state index in [1.54, 1.807) is 13.8 Å². The Balaban J connectivity index is 3.16. The van der Waals surface area contributed by atoms with Gasteiger partial charge in [-0.25, -0.2) is 9.18 Å². The third kappa shape index (κ3) is 2.79. The van der Waals surface area contributed by atoms with Crippen molar-refractivity contribution in [1.82, 2.24) is 0 Å². The van der Waals surface area contributed by atoms with E-state index in [2.05, 4.69) is 4.74 Å². The van der Waals surface area contributed by atoms with E-state index in [9.17, 15) is 14.3 Å². The number of aliphatic hydroxyl groups excluding tert-OH is 1. The minimum absolute atomic E-state index is 0.177. The molecule has 0 aliphatic heterocycles. The first kappa shape index (κ1) is 12.6. The maximum atomic E-state index is 13.5. The van der Waals surface area contributed by atoms with Crippen molar-refractivity contribution < 1.29 is 19.0 Å². The first-order chi connectivity index (χ1) is 7.45. The first-order valence-corrected chi connectivity index (χ1v) is 5.01. The van der Waals surface area contributed by atoms with Crippen LogP contribution in [-0.2, 0) is 11.2 Å². The number of aryl methyl sites for hydroxylation is 1. The van der Waals surface area contributed by atoms with Gasteiger partial charge in [0.15, 0.2) is 0 Å². The molecule has 0 saturated carbocycles. The second-order valence-corrected chi connectivity index (χ2v) is 3.80. The largest absolute Gasteiger partial charge is 0.465 e. The van der Waals surface area contributed by atoms with Crippen LogP contribution in [0.5, 0.6) is 0 Å². The third-order valence-corrected chi connectivity index (χ3v) is 2.31. The van der Waals surface area contributed by atoms with E-state index >= 15 is 0 Å². The Morgan fingerprint density at radius 3 is 2.69 bits per heavy atom. The highest BCUT2D eigenvalue weighted by Crippen LogP contribution is 2.17. The van der Waals surface area contributed by atoms with Crippen LogP contribution < -0.4 is 0 Å². The molecule has 1 aromatic rings. The number of hydrogen-bond donors (Lipinski definition) is 1. The topological polar surface area (TPSA) is 46.5 Å². The molecular formula is C12H15FO3. The Kier molecular flexibility index (Phi) is 4.01. The lowest BCUT2D eigenvalue weighted by Gasteiger charge is -2.10. The summed E-state index contributed by atoms with van der Waals surface area (Å²) in [6.07, 6.45) is -0.474. The molecule has 0 spiro atoms. The summed E-state index contributed by atoms with van der Waals surface area (Å²) < 4.78 is 18.1. The zero-order valence-corrected chi connectivity index (χ0v) is 9.58. The smallest absolute Gasteiger partial charge is 0.338 e.